The molecular formula is C19H17NO3S2. The van der Waals surface area contributed by atoms with Crippen molar-refractivity contribution in [1.29, 1.82) is 0 Å². The molecule has 0 radical (unpaired) electrons. The van der Waals surface area contributed by atoms with E-state index in [1.165, 1.54) is 16.2 Å². The van der Waals surface area contributed by atoms with E-state index >= 15 is 0 Å². The van der Waals surface area contributed by atoms with Crippen LogP contribution < -0.4 is 9.47 Å². The fourth-order valence-electron chi connectivity index (χ4n) is 2.70. The van der Waals surface area contributed by atoms with Crippen LogP contribution in [0.5, 0.6) is 11.5 Å². The van der Waals surface area contributed by atoms with Crippen molar-refractivity contribution in [2.24, 2.45) is 0 Å². The zero-order valence-corrected chi connectivity index (χ0v) is 15.4. The summed E-state index contributed by atoms with van der Waals surface area (Å²) in [6.07, 6.45) is 0. The van der Waals surface area contributed by atoms with Gasteiger partial charge in [-0.15, -0.1) is 22.7 Å². The number of nitrogens with zero attached hydrogens (tertiary/aromatic N) is 1. The number of carbonyl (C=O) groups excluding carboxylic acids is 1. The van der Waals surface area contributed by atoms with E-state index in [4.69, 9.17) is 9.47 Å². The summed E-state index contributed by atoms with van der Waals surface area (Å²) in [5.74, 6) is 1.58. The van der Waals surface area contributed by atoms with E-state index in [1.54, 1.807) is 16.2 Å². The Bertz CT molecular complexity index is 886. The molecule has 1 aromatic carbocycles. The number of ether oxygens (including phenoxy) is 2. The molecule has 0 fully saturated rings. The molecule has 0 saturated carbocycles. The number of thiophene rings is 2. The van der Waals surface area contributed by atoms with Crippen molar-refractivity contribution in [3.8, 4) is 21.9 Å². The average molecular weight is 371 g/mol. The quantitative estimate of drug-likeness (QED) is 0.677. The van der Waals surface area contributed by atoms with Gasteiger partial charge < -0.3 is 14.4 Å². The standard InChI is InChI=1S/C19H17NO3S2/c1-20(12-14-3-2-10-24-14)19(21)18-7-6-17(25-18)13-4-5-15-16(11-13)23-9-8-22-15/h2-7,10-11H,8-9,12H2,1H3. The van der Waals surface area contributed by atoms with Crippen molar-refractivity contribution in [2.45, 2.75) is 6.54 Å². The smallest absolute Gasteiger partial charge is 0.264 e. The minimum atomic E-state index is 0.0437. The van der Waals surface area contributed by atoms with Gasteiger partial charge >= 0.3 is 0 Å². The maximum Gasteiger partial charge on any atom is 0.264 e. The van der Waals surface area contributed by atoms with Crippen LogP contribution in [0.25, 0.3) is 10.4 Å². The molecule has 0 aliphatic carbocycles. The Balaban J connectivity index is 1.52. The van der Waals surface area contributed by atoms with Crippen LogP contribution in [0.15, 0.2) is 47.8 Å². The zero-order chi connectivity index (χ0) is 17.2. The van der Waals surface area contributed by atoms with Crippen molar-refractivity contribution in [3.05, 3.63) is 57.6 Å². The Morgan fingerprint density at radius 3 is 2.76 bits per heavy atom. The molecule has 4 rings (SSSR count). The predicted molar refractivity (Wildman–Crippen MR) is 101 cm³/mol. The Kier molecular flexibility index (Phi) is 4.46. The molecule has 2 aromatic heterocycles. The Morgan fingerprint density at radius 1 is 1.12 bits per heavy atom. The first-order chi connectivity index (χ1) is 12.2. The first-order valence-corrected chi connectivity index (χ1v) is 9.68. The second kappa shape index (κ2) is 6.90. The molecule has 3 heterocycles. The predicted octanol–water partition coefficient (Wildman–Crippen LogP) is 4.52. The topological polar surface area (TPSA) is 38.8 Å². The molecule has 0 atom stereocenters. The third-order valence-corrected chi connectivity index (χ3v) is 5.95. The van der Waals surface area contributed by atoms with Crippen LogP contribution in [0.4, 0.5) is 0 Å². The number of hydrogen-bond acceptors (Lipinski definition) is 5. The summed E-state index contributed by atoms with van der Waals surface area (Å²) in [5.41, 5.74) is 1.04. The van der Waals surface area contributed by atoms with Gasteiger partial charge in [-0.25, -0.2) is 0 Å². The highest BCUT2D eigenvalue weighted by atomic mass is 32.1. The van der Waals surface area contributed by atoms with E-state index in [-0.39, 0.29) is 5.91 Å². The highest BCUT2D eigenvalue weighted by molar-refractivity contribution is 7.17. The molecule has 0 bridgehead atoms. The van der Waals surface area contributed by atoms with Gasteiger partial charge in [-0.1, -0.05) is 6.07 Å². The minimum absolute atomic E-state index is 0.0437. The van der Waals surface area contributed by atoms with Gasteiger partial charge in [0.15, 0.2) is 11.5 Å². The summed E-state index contributed by atoms with van der Waals surface area (Å²) in [4.78, 5) is 17.4. The summed E-state index contributed by atoms with van der Waals surface area (Å²) in [6, 6.07) is 13.8. The van der Waals surface area contributed by atoms with E-state index in [0.29, 0.717) is 19.8 Å². The van der Waals surface area contributed by atoms with Gasteiger partial charge in [-0.05, 0) is 47.3 Å². The van der Waals surface area contributed by atoms with Crippen LogP contribution in [0.1, 0.15) is 14.5 Å². The first-order valence-electron chi connectivity index (χ1n) is 7.98. The van der Waals surface area contributed by atoms with Gasteiger partial charge in [0.25, 0.3) is 5.91 Å². The zero-order valence-electron chi connectivity index (χ0n) is 13.7. The van der Waals surface area contributed by atoms with Crippen molar-refractivity contribution >= 4 is 28.6 Å². The maximum absolute atomic E-state index is 12.6. The summed E-state index contributed by atoms with van der Waals surface area (Å²) in [7, 11) is 1.84. The van der Waals surface area contributed by atoms with Crippen LogP contribution >= 0.6 is 22.7 Å². The second-order valence-electron chi connectivity index (χ2n) is 5.76. The molecule has 25 heavy (non-hydrogen) atoms. The van der Waals surface area contributed by atoms with E-state index in [2.05, 4.69) is 0 Å². The summed E-state index contributed by atoms with van der Waals surface area (Å²) in [6.45, 7) is 1.78. The van der Waals surface area contributed by atoms with E-state index in [1.807, 2.05) is 54.9 Å². The van der Waals surface area contributed by atoms with Crippen molar-refractivity contribution in [3.63, 3.8) is 0 Å². The highest BCUT2D eigenvalue weighted by Crippen LogP contribution is 2.37. The van der Waals surface area contributed by atoms with Crippen LogP contribution in [0.3, 0.4) is 0 Å². The minimum Gasteiger partial charge on any atom is -0.486 e. The molecule has 6 heteroatoms. The lowest BCUT2D eigenvalue weighted by Gasteiger charge is -2.18. The van der Waals surface area contributed by atoms with Crippen molar-refractivity contribution in [2.75, 3.05) is 20.3 Å². The Labute approximate surface area is 154 Å². The molecule has 0 N–H and O–H groups in total. The molecule has 0 unspecified atom stereocenters. The van der Waals surface area contributed by atoms with E-state index in [9.17, 15) is 4.79 Å². The molecule has 1 amide bonds. The molecule has 3 aromatic rings. The highest BCUT2D eigenvalue weighted by Gasteiger charge is 2.17. The fraction of sp³-hybridized carbons (Fsp3) is 0.211. The van der Waals surface area contributed by atoms with Crippen molar-refractivity contribution in [1.82, 2.24) is 4.90 Å². The lowest BCUT2D eigenvalue weighted by molar-refractivity contribution is 0.0791. The number of carbonyl (C=O) groups is 1. The third-order valence-electron chi connectivity index (χ3n) is 3.96. The van der Waals surface area contributed by atoms with Crippen molar-refractivity contribution < 1.29 is 14.3 Å². The van der Waals surface area contributed by atoms with Crippen LogP contribution in [0.2, 0.25) is 0 Å². The molecule has 128 valence electrons. The number of benzene rings is 1. The van der Waals surface area contributed by atoms with Gasteiger partial charge in [-0.2, -0.15) is 0 Å². The van der Waals surface area contributed by atoms with Gasteiger partial charge in [-0.3, -0.25) is 4.79 Å². The van der Waals surface area contributed by atoms with Gasteiger partial charge in [0, 0.05) is 16.8 Å². The van der Waals surface area contributed by atoms with Crippen LogP contribution in [-0.4, -0.2) is 31.1 Å². The molecule has 1 aliphatic rings. The summed E-state index contributed by atoms with van der Waals surface area (Å²) < 4.78 is 11.2. The van der Waals surface area contributed by atoms with Gasteiger partial charge in [0.1, 0.15) is 13.2 Å². The SMILES string of the molecule is CN(Cc1cccs1)C(=O)c1ccc(-c2ccc3c(c2)OCCO3)s1. The van der Waals surface area contributed by atoms with Crippen LogP contribution in [0, 0.1) is 0 Å². The van der Waals surface area contributed by atoms with Gasteiger partial charge in [0.2, 0.25) is 0 Å². The molecule has 0 saturated heterocycles. The van der Waals surface area contributed by atoms with Crippen LogP contribution in [-0.2, 0) is 6.54 Å². The monoisotopic (exact) mass is 371 g/mol. The molecule has 1 aliphatic heterocycles. The lowest BCUT2D eigenvalue weighted by Crippen LogP contribution is -2.24. The summed E-state index contributed by atoms with van der Waals surface area (Å²) >= 11 is 3.16. The molecule has 0 spiro atoms. The molecular weight excluding hydrogens is 354 g/mol. The number of hydrogen-bond donors (Lipinski definition) is 0. The second-order valence-corrected chi connectivity index (χ2v) is 7.88. The van der Waals surface area contributed by atoms with E-state index < -0.39 is 0 Å². The largest absolute Gasteiger partial charge is 0.486 e. The summed E-state index contributed by atoms with van der Waals surface area (Å²) in [5, 5.41) is 2.03. The number of amides is 1. The Morgan fingerprint density at radius 2 is 1.96 bits per heavy atom. The fourth-order valence-corrected chi connectivity index (χ4v) is 4.46. The number of fused-ring (bicyclic) bond motifs is 1. The number of rotatable bonds is 4. The third kappa shape index (κ3) is 3.41. The lowest BCUT2D eigenvalue weighted by atomic mass is 10.1. The van der Waals surface area contributed by atoms with E-state index in [0.717, 1.165) is 26.8 Å². The van der Waals surface area contributed by atoms with Gasteiger partial charge in [0.05, 0.1) is 11.4 Å². The normalized spacial score (nSPS) is 12.8. The maximum atomic E-state index is 12.6. The molecule has 4 nitrogen and oxygen atoms in total. The first kappa shape index (κ1) is 16.2. The Hall–Kier alpha value is -2.31. The average Bonchev–Trinajstić information content (AvgIpc) is 3.32.